The number of nitrogens with zero attached hydrogens (tertiary/aromatic N) is 6. The molecule has 0 radical (unpaired) electrons. The minimum absolute atomic E-state index is 0.336. The van der Waals surface area contributed by atoms with Crippen molar-refractivity contribution in [2.75, 3.05) is 94.7 Å². The summed E-state index contributed by atoms with van der Waals surface area (Å²) < 4.78 is 44.6. The van der Waals surface area contributed by atoms with Gasteiger partial charge in [-0.3, -0.25) is 14.7 Å². The summed E-state index contributed by atoms with van der Waals surface area (Å²) in [6.07, 6.45) is 126. The van der Waals surface area contributed by atoms with Crippen LogP contribution < -0.4 is 14.7 Å². The van der Waals surface area contributed by atoms with E-state index in [2.05, 4.69) is 97.8 Å². The van der Waals surface area contributed by atoms with E-state index in [4.69, 9.17) is 43.4 Å². The van der Waals surface area contributed by atoms with Gasteiger partial charge in [-0.2, -0.15) is 15.0 Å². The number of hydrogen-bond acceptors (Lipinski definition) is 12. The number of hydrogen-bond donors (Lipinski definition) is 0. The molecule has 0 aromatic carbocycles. The third-order valence-corrected chi connectivity index (χ3v) is 31.6. The minimum Gasteiger partial charge on any atom is -0.361 e. The highest BCUT2D eigenvalue weighted by atomic mass is 16.5. The molecule has 0 N–H and O–H groups in total. The van der Waals surface area contributed by atoms with Gasteiger partial charge in [-0.25, -0.2) is 0 Å². The highest BCUT2D eigenvalue weighted by Gasteiger charge is 2.27. The number of unbranched alkanes of at least 4 members (excludes halogenated alkanes) is 72. The average molecular weight is 1990 g/mol. The Bertz CT molecular complexity index is 2090. The van der Waals surface area contributed by atoms with Crippen LogP contribution >= 0.6 is 0 Å². The molecule has 0 aliphatic carbocycles. The smallest absolute Gasteiger partial charge is 0.235 e. The van der Waals surface area contributed by atoms with Crippen molar-refractivity contribution in [3.05, 3.63) is 0 Å². The zero-order valence-electron chi connectivity index (χ0n) is 98.5. The Morgan fingerprint density at radius 1 is 0.128 bits per heavy atom. The van der Waals surface area contributed by atoms with Crippen LogP contribution in [0.2, 0.25) is 0 Å². The average Bonchev–Trinajstić information content (AvgIpc) is 0.810. The maximum atomic E-state index is 7.43. The summed E-state index contributed by atoms with van der Waals surface area (Å²) in [5.74, 6) is 4.78. The standard InChI is InChI=1S/C129H258N6O6/c1-13-25-37-49-61-67-79-91-103-121(97-85-73-55-43-31-19-7)109-136-115-133(116-137-110-122(98-86-74-56-44-32-20-8)104-92-80-68-62-50-38-26-14-2)127-130-128(134(117-138-111-123(99-87-75-57-45-33-21-9)105-93-81-69-63-51-39-27-15-3)118-139-112-124(100-88-76-58-46-34-22-10)106-94-82-70-64-52-40-28-16-4)132-129(131-127)135(119-140-113-125(101-89-77-59-47-35-23-11)107-95-83-71-65-53-41-29-17-5)120-141-114-126(102-90-78-60-48-36-24-12)108-96-84-72-66-54-42-30-18-6/h121-126H,13-120H2,1-12H3. The molecule has 0 aliphatic heterocycles. The van der Waals surface area contributed by atoms with Crippen LogP contribution in [0.25, 0.3) is 0 Å². The van der Waals surface area contributed by atoms with Crippen LogP contribution in [0.3, 0.4) is 0 Å². The summed E-state index contributed by atoms with van der Waals surface area (Å²) in [5, 5.41) is 0. The summed E-state index contributed by atoms with van der Waals surface area (Å²) in [6.45, 7) is 34.6. The fourth-order valence-electron chi connectivity index (χ4n) is 21.8. The zero-order valence-corrected chi connectivity index (χ0v) is 98.5. The van der Waals surface area contributed by atoms with E-state index < -0.39 is 0 Å². The predicted molar refractivity (Wildman–Crippen MR) is 624 cm³/mol. The molecule has 0 aliphatic rings. The lowest BCUT2D eigenvalue weighted by Gasteiger charge is -2.30. The summed E-state index contributed by atoms with van der Waals surface area (Å²) in [5.41, 5.74) is 0. The Balaban J connectivity index is 4.92. The SMILES string of the molecule is CCCCCCCCCCC(CCCCCCCC)COCN(COCC(CCCCCCCC)CCCCCCCCCC)c1nc(N(COCC(CCCCCCCC)CCCCCCCCCC)COCC(CCCCCCCC)CCCCCCCCCC)nc(N(COCC(CCCCCCCC)CCCCCCCCCC)COCC(CCCCCCCC)CCCCCCCCCC)n1. The van der Waals surface area contributed by atoms with Crippen molar-refractivity contribution < 1.29 is 28.4 Å². The first-order chi connectivity index (χ1) is 69.7. The van der Waals surface area contributed by atoms with E-state index in [0.717, 1.165) is 39.6 Å². The van der Waals surface area contributed by atoms with Crippen molar-refractivity contribution in [2.24, 2.45) is 35.5 Å². The predicted octanol–water partition coefficient (Wildman–Crippen LogP) is 43.5. The summed E-state index contributed by atoms with van der Waals surface area (Å²) in [7, 11) is 0. The fourth-order valence-corrected chi connectivity index (χ4v) is 21.8. The van der Waals surface area contributed by atoms with E-state index in [9.17, 15) is 0 Å². The molecule has 0 saturated carbocycles. The molecule has 1 heterocycles. The number of rotatable bonds is 123. The minimum atomic E-state index is 0.336. The van der Waals surface area contributed by atoms with Gasteiger partial charge in [0, 0.05) is 0 Å². The van der Waals surface area contributed by atoms with Gasteiger partial charge in [0.2, 0.25) is 17.8 Å². The van der Waals surface area contributed by atoms with Gasteiger partial charge < -0.3 is 28.4 Å². The zero-order chi connectivity index (χ0) is 102. The van der Waals surface area contributed by atoms with Crippen molar-refractivity contribution in [2.45, 2.75) is 699 Å². The maximum absolute atomic E-state index is 7.43. The van der Waals surface area contributed by atoms with Gasteiger partial charge in [0.15, 0.2) is 0 Å². The summed E-state index contributed by atoms with van der Waals surface area (Å²) in [4.78, 5) is 24.6. The Hall–Kier alpha value is -1.83. The monoisotopic (exact) mass is 1990 g/mol. The molecule has 1 rings (SSSR count). The summed E-state index contributed by atoms with van der Waals surface area (Å²) >= 11 is 0. The van der Waals surface area contributed by atoms with Gasteiger partial charge in [0.25, 0.3) is 0 Å². The highest BCUT2D eigenvalue weighted by molar-refractivity contribution is 5.46. The molecular formula is C129H258N6O6. The third kappa shape index (κ3) is 92.8. The van der Waals surface area contributed by atoms with Gasteiger partial charge >= 0.3 is 0 Å². The molecule has 1 aromatic heterocycles. The Morgan fingerprint density at radius 3 is 0.305 bits per heavy atom. The van der Waals surface area contributed by atoms with E-state index >= 15 is 0 Å². The molecule has 0 bridgehead atoms. The lowest BCUT2D eigenvalue weighted by atomic mass is 9.94. The van der Waals surface area contributed by atoms with Crippen LogP contribution in [-0.4, -0.2) is 95.0 Å². The lowest BCUT2D eigenvalue weighted by molar-refractivity contribution is 0.0466. The number of anilines is 3. The van der Waals surface area contributed by atoms with E-state index in [1.54, 1.807) is 0 Å². The normalized spacial score (nSPS) is 13.2. The number of aromatic nitrogens is 3. The highest BCUT2D eigenvalue weighted by Crippen LogP contribution is 2.32. The molecular weight excluding hydrogens is 1730 g/mol. The second-order valence-corrected chi connectivity index (χ2v) is 46.0. The molecule has 141 heavy (non-hydrogen) atoms. The quantitative estimate of drug-likeness (QED) is 0.0458. The molecule has 6 unspecified atom stereocenters. The van der Waals surface area contributed by atoms with Crippen molar-refractivity contribution in [3.8, 4) is 0 Å². The van der Waals surface area contributed by atoms with Crippen LogP contribution in [0.4, 0.5) is 17.8 Å². The number of ether oxygens (including phenoxy) is 6. The van der Waals surface area contributed by atoms with Crippen molar-refractivity contribution >= 4 is 17.8 Å². The van der Waals surface area contributed by atoms with Gasteiger partial charge in [-0.1, -0.05) is 622 Å². The third-order valence-electron chi connectivity index (χ3n) is 31.6. The van der Waals surface area contributed by atoms with Crippen LogP contribution in [0.1, 0.15) is 699 Å². The second-order valence-electron chi connectivity index (χ2n) is 46.0. The molecule has 12 heteroatoms. The molecule has 840 valence electrons. The van der Waals surface area contributed by atoms with Gasteiger partial charge in [0.1, 0.15) is 40.4 Å². The van der Waals surface area contributed by atoms with E-state index in [-0.39, 0.29) is 0 Å². The van der Waals surface area contributed by atoms with Crippen LogP contribution in [0.5, 0.6) is 0 Å². The van der Waals surface area contributed by atoms with E-state index in [1.165, 1.54) is 616 Å². The van der Waals surface area contributed by atoms with Crippen LogP contribution in [-0.2, 0) is 28.4 Å². The molecule has 0 amide bonds. The van der Waals surface area contributed by atoms with Crippen molar-refractivity contribution in [3.63, 3.8) is 0 Å². The van der Waals surface area contributed by atoms with Crippen LogP contribution in [0, 0.1) is 35.5 Å². The fraction of sp³-hybridized carbons (Fsp3) is 0.977. The first-order valence-electron chi connectivity index (χ1n) is 65.2. The molecule has 0 fully saturated rings. The first kappa shape index (κ1) is 137. The van der Waals surface area contributed by atoms with Gasteiger partial charge in [-0.15, -0.1) is 0 Å². The molecule has 6 atom stereocenters. The summed E-state index contributed by atoms with van der Waals surface area (Å²) in [6, 6.07) is 0. The molecule has 1 aromatic rings. The van der Waals surface area contributed by atoms with Crippen molar-refractivity contribution in [1.82, 2.24) is 15.0 Å². The van der Waals surface area contributed by atoms with Crippen molar-refractivity contribution in [1.29, 1.82) is 0 Å². The lowest BCUT2D eigenvalue weighted by Crippen LogP contribution is -2.38. The first-order valence-corrected chi connectivity index (χ1v) is 65.2. The Morgan fingerprint density at radius 2 is 0.213 bits per heavy atom. The van der Waals surface area contributed by atoms with E-state index in [1.807, 2.05) is 0 Å². The largest absolute Gasteiger partial charge is 0.361 e. The van der Waals surface area contributed by atoms with Gasteiger partial charge in [0.05, 0.1) is 39.6 Å². The Labute approximate surface area is 885 Å². The Kier molecular flexibility index (Phi) is 111. The molecule has 0 spiro atoms. The van der Waals surface area contributed by atoms with Crippen LogP contribution in [0.15, 0.2) is 0 Å². The second kappa shape index (κ2) is 114. The van der Waals surface area contributed by atoms with Gasteiger partial charge in [-0.05, 0) is 113 Å². The topological polar surface area (TPSA) is 104 Å². The maximum Gasteiger partial charge on any atom is 0.235 e. The molecule has 12 nitrogen and oxygen atoms in total. The van der Waals surface area contributed by atoms with E-state index in [0.29, 0.717) is 93.7 Å². The molecule has 0 saturated heterocycles.